The van der Waals surface area contributed by atoms with Gasteiger partial charge in [0, 0.05) is 37.1 Å². The van der Waals surface area contributed by atoms with Crippen LogP contribution in [0.15, 0.2) is 52.7 Å². The third-order valence-electron chi connectivity index (χ3n) is 5.55. The second-order valence-corrected chi connectivity index (χ2v) is 10.4. The van der Waals surface area contributed by atoms with E-state index in [9.17, 15) is 21.6 Å². The van der Waals surface area contributed by atoms with E-state index in [-0.39, 0.29) is 13.1 Å². The predicted molar refractivity (Wildman–Crippen MR) is 119 cm³/mol. The Balaban J connectivity index is 1.52. The molecular weight excluding hydrogens is 459 g/mol. The maximum atomic E-state index is 13.3. The number of aromatic nitrogens is 1. The van der Waals surface area contributed by atoms with Gasteiger partial charge in [0.05, 0.1) is 16.2 Å². The molecule has 1 aromatic heterocycles. The van der Waals surface area contributed by atoms with E-state index in [2.05, 4.69) is 0 Å². The third-order valence-corrected chi connectivity index (χ3v) is 8.41. The van der Waals surface area contributed by atoms with Crippen molar-refractivity contribution in [1.82, 2.24) is 9.29 Å². The zero-order valence-corrected chi connectivity index (χ0v) is 19.2. The van der Waals surface area contributed by atoms with E-state index in [0.717, 1.165) is 44.0 Å². The molecule has 0 unspecified atom stereocenters. The Hall–Kier alpha value is -2.43. The molecule has 1 aliphatic rings. The number of alkyl halides is 3. The highest BCUT2D eigenvalue weighted by molar-refractivity contribution is 7.89. The normalized spacial score (nSPS) is 15.8. The first-order valence-corrected chi connectivity index (χ1v) is 12.3. The molecule has 0 saturated carbocycles. The van der Waals surface area contributed by atoms with Gasteiger partial charge in [-0.25, -0.2) is 13.4 Å². The molecular formula is C22H22F3N3O2S2. The van der Waals surface area contributed by atoms with Gasteiger partial charge in [-0.1, -0.05) is 30.3 Å². The summed E-state index contributed by atoms with van der Waals surface area (Å²) >= 11 is 1.48. The monoisotopic (exact) mass is 481 g/mol. The standard InChI is InChI=1S/C22H22F3N3O2S2/c1-15-6-5-7-16(2)20(15)18-14-31-21(26-18)27-10-12-28(13-11-27)32(29,30)19-9-4-3-8-17(19)22(23,24)25/h3-9,14H,10-13H2,1-2H3. The Kier molecular flexibility index (Phi) is 6.04. The van der Waals surface area contributed by atoms with E-state index in [4.69, 9.17) is 4.98 Å². The summed E-state index contributed by atoms with van der Waals surface area (Å²) in [5.74, 6) is 0. The number of halogens is 3. The largest absolute Gasteiger partial charge is 0.417 e. The molecule has 2 aromatic carbocycles. The summed E-state index contributed by atoms with van der Waals surface area (Å²) in [6.45, 7) is 4.95. The van der Waals surface area contributed by atoms with Crippen molar-refractivity contribution < 1.29 is 21.6 Å². The molecule has 0 bridgehead atoms. The highest BCUT2D eigenvalue weighted by Gasteiger charge is 2.39. The first-order chi connectivity index (χ1) is 15.1. The molecule has 2 heterocycles. The van der Waals surface area contributed by atoms with Crippen LogP contribution < -0.4 is 4.90 Å². The van der Waals surface area contributed by atoms with Gasteiger partial charge >= 0.3 is 6.18 Å². The number of hydrogen-bond donors (Lipinski definition) is 0. The van der Waals surface area contributed by atoms with Gasteiger partial charge in [0.2, 0.25) is 10.0 Å². The van der Waals surface area contributed by atoms with Crippen molar-refractivity contribution in [2.24, 2.45) is 0 Å². The average molecular weight is 482 g/mol. The molecule has 1 saturated heterocycles. The van der Waals surface area contributed by atoms with Crippen LogP contribution in [0.25, 0.3) is 11.3 Å². The Morgan fingerprint density at radius 2 is 1.56 bits per heavy atom. The van der Waals surface area contributed by atoms with Crippen molar-refractivity contribution in [2.45, 2.75) is 24.9 Å². The molecule has 10 heteroatoms. The molecule has 0 atom stereocenters. The van der Waals surface area contributed by atoms with E-state index in [1.54, 1.807) is 0 Å². The van der Waals surface area contributed by atoms with Crippen molar-refractivity contribution >= 4 is 26.5 Å². The fraction of sp³-hybridized carbons (Fsp3) is 0.318. The first kappa shape index (κ1) is 22.8. The Morgan fingerprint density at radius 3 is 2.19 bits per heavy atom. The van der Waals surface area contributed by atoms with Crippen molar-refractivity contribution in [3.8, 4) is 11.3 Å². The summed E-state index contributed by atoms with van der Waals surface area (Å²) in [7, 11) is -4.26. The minimum Gasteiger partial charge on any atom is -0.345 e. The first-order valence-electron chi connectivity index (χ1n) is 10.0. The van der Waals surface area contributed by atoms with E-state index >= 15 is 0 Å². The second kappa shape index (κ2) is 8.49. The fourth-order valence-corrected chi connectivity index (χ4v) is 6.43. The van der Waals surface area contributed by atoms with Gasteiger partial charge in [-0.05, 0) is 37.1 Å². The topological polar surface area (TPSA) is 53.5 Å². The number of thiazole rings is 1. The van der Waals surface area contributed by atoms with Gasteiger partial charge in [-0.15, -0.1) is 11.3 Å². The van der Waals surface area contributed by atoms with Crippen molar-refractivity contribution in [3.05, 3.63) is 64.5 Å². The Bertz CT molecular complexity index is 1210. The van der Waals surface area contributed by atoms with Gasteiger partial charge in [-0.2, -0.15) is 17.5 Å². The van der Waals surface area contributed by atoms with Crippen LogP contribution >= 0.6 is 11.3 Å². The molecule has 0 spiro atoms. The lowest BCUT2D eigenvalue weighted by Gasteiger charge is -2.34. The summed E-state index contributed by atoms with van der Waals surface area (Å²) < 4.78 is 67.0. The molecule has 0 aliphatic carbocycles. The second-order valence-electron chi connectivity index (χ2n) is 7.67. The number of anilines is 1. The van der Waals surface area contributed by atoms with Crippen LogP contribution in [0, 0.1) is 13.8 Å². The summed E-state index contributed by atoms with van der Waals surface area (Å²) in [5.41, 5.74) is 3.07. The van der Waals surface area contributed by atoms with Crippen molar-refractivity contribution in [1.29, 1.82) is 0 Å². The van der Waals surface area contributed by atoms with Crippen LogP contribution in [0.1, 0.15) is 16.7 Å². The molecule has 3 aromatic rings. The van der Waals surface area contributed by atoms with E-state index in [1.807, 2.05) is 42.3 Å². The summed E-state index contributed by atoms with van der Waals surface area (Å²) in [4.78, 5) is 6.02. The lowest BCUT2D eigenvalue weighted by molar-refractivity contribution is -0.139. The minimum absolute atomic E-state index is 0.0901. The number of benzene rings is 2. The quantitative estimate of drug-likeness (QED) is 0.529. The lowest BCUT2D eigenvalue weighted by Crippen LogP contribution is -2.48. The molecule has 4 rings (SSSR count). The van der Waals surface area contributed by atoms with E-state index in [1.165, 1.54) is 23.5 Å². The Morgan fingerprint density at radius 1 is 0.938 bits per heavy atom. The minimum atomic E-state index is -4.74. The molecule has 0 N–H and O–H groups in total. The average Bonchev–Trinajstić information content (AvgIpc) is 3.23. The zero-order chi connectivity index (χ0) is 23.1. The van der Waals surface area contributed by atoms with Crippen LogP contribution in [0.4, 0.5) is 18.3 Å². The number of piperazine rings is 1. The van der Waals surface area contributed by atoms with Gasteiger partial charge in [0.15, 0.2) is 5.13 Å². The molecule has 170 valence electrons. The zero-order valence-electron chi connectivity index (χ0n) is 17.6. The third kappa shape index (κ3) is 4.26. The molecule has 5 nitrogen and oxygen atoms in total. The molecule has 1 aliphatic heterocycles. The van der Waals surface area contributed by atoms with E-state index in [0.29, 0.717) is 13.1 Å². The van der Waals surface area contributed by atoms with Crippen LogP contribution in [0.2, 0.25) is 0 Å². The van der Waals surface area contributed by atoms with Crippen molar-refractivity contribution in [3.63, 3.8) is 0 Å². The maximum absolute atomic E-state index is 13.3. The lowest BCUT2D eigenvalue weighted by atomic mass is 10.0. The molecule has 0 amide bonds. The van der Waals surface area contributed by atoms with Crippen LogP contribution in [-0.2, 0) is 16.2 Å². The predicted octanol–water partition coefficient (Wildman–Crippen LogP) is 4.96. The summed E-state index contributed by atoms with van der Waals surface area (Å²) in [6, 6.07) is 10.4. The van der Waals surface area contributed by atoms with Gasteiger partial charge in [-0.3, -0.25) is 0 Å². The summed E-state index contributed by atoms with van der Waals surface area (Å²) in [5, 5.41) is 2.75. The van der Waals surface area contributed by atoms with E-state index < -0.39 is 26.7 Å². The SMILES string of the molecule is Cc1cccc(C)c1-c1csc(N2CCN(S(=O)(=O)c3ccccc3C(F)(F)F)CC2)n1. The summed E-state index contributed by atoms with van der Waals surface area (Å²) in [6.07, 6.45) is -4.74. The van der Waals surface area contributed by atoms with Gasteiger partial charge in [0.1, 0.15) is 0 Å². The molecule has 1 fully saturated rings. The number of aryl methyl sites for hydroxylation is 2. The molecule has 32 heavy (non-hydrogen) atoms. The fourth-order valence-electron chi connectivity index (χ4n) is 3.93. The van der Waals surface area contributed by atoms with Gasteiger partial charge in [0.25, 0.3) is 0 Å². The van der Waals surface area contributed by atoms with Crippen LogP contribution in [0.3, 0.4) is 0 Å². The number of sulfonamides is 1. The smallest absolute Gasteiger partial charge is 0.345 e. The van der Waals surface area contributed by atoms with Crippen molar-refractivity contribution in [2.75, 3.05) is 31.1 Å². The van der Waals surface area contributed by atoms with Gasteiger partial charge < -0.3 is 4.90 Å². The highest BCUT2D eigenvalue weighted by Crippen LogP contribution is 2.36. The Labute approximate surface area is 189 Å². The number of hydrogen-bond acceptors (Lipinski definition) is 5. The number of rotatable bonds is 4. The van der Waals surface area contributed by atoms with Crippen LogP contribution in [-0.4, -0.2) is 43.9 Å². The molecule has 0 radical (unpaired) electrons. The number of nitrogens with zero attached hydrogens (tertiary/aromatic N) is 3. The van der Waals surface area contributed by atoms with Crippen LogP contribution in [0.5, 0.6) is 0 Å². The maximum Gasteiger partial charge on any atom is 0.417 e. The highest BCUT2D eigenvalue weighted by atomic mass is 32.2.